The minimum Gasteiger partial charge on any atom is -0.493 e. The van der Waals surface area contributed by atoms with Gasteiger partial charge in [-0.15, -0.1) is 0 Å². The molecule has 1 aliphatic rings. The lowest BCUT2D eigenvalue weighted by molar-refractivity contribution is 0.0488. The lowest BCUT2D eigenvalue weighted by atomic mass is 9.75. The molecule has 0 spiro atoms. The molecule has 0 bridgehead atoms. The number of rotatable bonds is 12. The summed E-state index contributed by atoms with van der Waals surface area (Å²) in [5.74, 6) is 1.95. The van der Waals surface area contributed by atoms with Crippen LogP contribution in [0.25, 0.3) is 0 Å². The van der Waals surface area contributed by atoms with Crippen molar-refractivity contribution in [2.75, 3.05) is 45.6 Å². The molecule has 42 heavy (non-hydrogen) atoms. The topological polar surface area (TPSA) is 69.3 Å². The molecule has 0 heterocycles. The minimum atomic E-state index is -3.66. The van der Waals surface area contributed by atoms with Crippen LogP contribution >= 0.6 is 7.37 Å². The number of para-hydroxylation sites is 1. The SMILES string of the molecule is COc1cc([C@@H](Nc2ccccc2)[P@@](=O)(O[C@@H]2C[C@@H](C)CC[C@@H]2C(C)C)c2ccc(N(C)C)cc2)cc(OC)c1OC. The van der Waals surface area contributed by atoms with Gasteiger partial charge in [0.15, 0.2) is 11.5 Å². The van der Waals surface area contributed by atoms with Gasteiger partial charge in [-0.1, -0.05) is 45.4 Å². The van der Waals surface area contributed by atoms with E-state index in [9.17, 15) is 0 Å². The summed E-state index contributed by atoms with van der Waals surface area (Å²) in [6.45, 7) is 6.75. The first-order chi connectivity index (χ1) is 20.1. The third-order valence-electron chi connectivity index (χ3n) is 8.40. The van der Waals surface area contributed by atoms with E-state index in [2.05, 4.69) is 26.1 Å². The Morgan fingerprint density at radius 1 is 0.881 bits per heavy atom. The fraction of sp³-hybridized carbons (Fsp3) is 0.471. The highest BCUT2D eigenvalue weighted by Crippen LogP contribution is 2.62. The van der Waals surface area contributed by atoms with Crippen molar-refractivity contribution in [3.63, 3.8) is 0 Å². The maximum atomic E-state index is 15.9. The number of hydrogen-bond acceptors (Lipinski definition) is 7. The number of methoxy groups -OCH3 is 3. The summed E-state index contributed by atoms with van der Waals surface area (Å²) in [7, 11) is 5.10. The fourth-order valence-electron chi connectivity index (χ4n) is 5.98. The van der Waals surface area contributed by atoms with Gasteiger partial charge in [-0.25, -0.2) is 0 Å². The first kappa shape index (κ1) is 31.8. The first-order valence-corrected chi connectivity index (χ1v) is 16.5. The summed E-state index contributed by atoms with van der Waals surface area (Å²) >= 11 is 0. The van der Waals surface area contributed by atoms with Gasteiger partial charge in [0.2, 0.25) is 5.75 Å². The molecule has 0 saturated heterocycles. The van der Waals surface area contributed by atoms with Crippen LogP contribution < -0.4 is 29.7 Å². The Labute approximate surface area is 252 Å². The number of benzene rings is 3. The third-order valence-corrected chi connectivity index (χ3v) is 11.1. The lowest BCUT2D eigenvalue weighted by Gasteiger charge is -2.41. The van der Waals surface area contributed by atoms with Crippen molar-refractivity contribution in [3.05, 3.63) is 72.3 Å². The van der Waals surface area contributed by atoms with Gasteiger partial charge in [0.25, 0.3) is 7.37 Å². The molecule has 228 valence electrons. The van der Waals surface area contributed by atoms with Crippen LogP contribution in [0.5, 0.6) is 17.2 Å². The number of nitrogens with zero attached hydrogens (tertiary/aromatic N) is 1. The molecule has 0 unspecified atom stereocenters. The monoisotopic (exact) mass is 594 g/mol. The highest BCUT2D eigenvalue weighted by molar-refractivity contribution is 7.67. The minimum absolute atomic E-state index is 0.143. The Morgan fingerprint density at radius 3 is 2.02 bits per heavy atom. The van der Waals surface area contributed by atoms with E-state index in [0.717, 1.165) is 36.2 Å². The van der Waals surface area contributed by atoms with Crippen molar-refractivity contribution in [1.29, 1.82) is 0 Å². The molecule has 3 aromatic rings. The second kappa shape index (κ2) is 13.9. The van der Waals surface area contributed by atoms with Gasteiger partial charge in [0.1, 0.15) is 5.78 Å². The summed E-state index contributed by atoms with van der Waals surface area (Å²) in [5.41, 5.74) is 2.58. The number of ether oxygens (including phenoxy) is 3. The van der Waals surface area contributed by atoms with Crippen molar-refractivity contribution in [2.24, 2.45) is 17.8 Å². The second-order valence-corrected chi connectivity index (χ2v) is 14.3. The Balaban J connectivity index is 1.95. The summed E-state index contributed by atoms with van der Waals surface area (Å²) < 4.78 is 40.0. The van der Waals surface area contributed by atoms with Crippen LogP contribution in [0.1, 0.15) is 51.4 Å². The average molecular weight is 595 g/mol. The van der Waals surface area contributed by atoms with Gasteiger partial charge in [0, 0.05) is 30.8 Å². The van der Waals surface area contributed by atoms with Gasteiger partial charge in [-0.2, -0.15) is 0 Å². The van der Waals surface area contributed by atoms with Crippen LogP contribution in [0.2, 0.25) is 0 Å². The lowest BCUT2D eigenvalue weighted by Crippen LogP contribution is -2.35. The zero-order valence-corrected chi connectivity index (χ0v) is 27.2. The van der Waals surface area contributed by atoms with E-state index in [1.807, 2.05) is 85.7 Å². The van der Waals surface area contributed by atoms with Crippen LogP contribution in [-0.2, 0) is 9.09 Å². The molecule has 8 heteroatoms. The zero-order chi connectivity index (χ0) is 30.4. The highest BCUT2D eigenvalue weighted by atomic mass is 31.2. The Bertz CT molecular complexity index is 1320. The molecule has 4 rings (SSSR count). The third kappa shape index (κ3) is 6.90. The molecular formula is C34H47N2O5P. The molecule has 5 atom stereocenters. The largest absolute Gasteiger partial charge is 0.493 e. The van der Waals surface area contributed by atoms with Crippen molar-refractivity contribution in [3.8, 4) is 17.2 Å². The van der Waals surface area contributed by atoms with E-state index in [1.54, 1.807) is 21.3 Å². The maximum Gasteiger partial charge on any atom is 0.258 e. The molecule has 0 aliphatic heterocycles. The molecule has 1 N–H and O–H groups in total. The molecule has 3 aromatic carbocycles. The molecule has 1 fully saturated rings. The van der Waals surface area contributed by atoms with E-state index < -0.39 is 13.2 Å². The molecule has 1 saturated carbocycles. The number of hydrogen-bond donors (Lipinski definition) is 1. The predicted octanol–water partition coefficient (Wildman–Crippen LogP) is 7.97. The highest BCUT2D eigenvalue weighted by Gasteiger charge is 2.44. The Hall–Kier alpha value is -3.15. The second-order valence-electron chi connectivity index (χ2n) is 11.8. The van der Waals surface area contributed by atoms with Crippen molar-refractivity contribution in [2.45, 2.75) is 51.9 Å². The van der Waals surface area contributed by atoms with E-state index in [0.29, 0.717) is 40.3 Å². The van der Waals surface area contributed by atoms with Gasteiger partial charge >= 0.3 is 0 Å². The zero-order valence-electron chi connectivity index (χ0n) is 26.3. The van der Waals surface area contributed by atoms with Crippen LogP contribution in [0, 0.1) is 17.8 Å². The van der Waals surface area contributed by atoms with Crippen LogP contribution in [0.3, 0.4) is 0 Å². The first-order valence-electron chi connectivity index (χ1n) is 14.8. The smallest absolute Gasteiger partial charge is 0.258 e. The van der Waals surface area contributed by atoms with E-state index >= 15 is 4.57 Å². The van der Waals surface area contributed by atoms with Crippen LogP contribution in [0.15, 0.2) is 66.7 Å². The molecule has 0 radical (unpaired) electrons. The van der Waals surface area contributed by atoms with Gasteiger partial charge in [0.05, 0.1) is 27.4 Å². The summed E-state index contributed by atoms with van der Waals surface area (Å²) in [6, 6.07) is 21.5. The van der Waals surface area contributed by atoms with E-state index in [1.165, 1.54) is 0 Å². The van der Waals surface area contributed by atoms with Gasteiger partial charge < -0.3 is 29.0 Å². The molecular weight excluding hydrogens is 547 g/mol. The molecule has 0 aromatic heterocycles. The molecule has 1 aliphatic carbocycles. The maximum absolute atomic E-state index is 15.9. The van der Waals surface area contributed by atoms with Crippen molar-refractivity contribution < 1.29 is 23.3 Å². The van der Waals surface area contributed by atoms with E-state index in [4.69, 9.17) is 18.7 Å². The van der Waals surface area contributed by atoms with E-state index in [-0.39, 0.29) is 6.10 Å². The normalized spacial score (nSPS) is 20.8. The Kier molecular flexibility index (Phi) is 10.5. The summed E-state index contributed by atoms with van der Waals surface area (Å²) in [6.07, 6.45) is 2.94. The fourth-order valence-corrected chi connectivity index (χ4v) is 8.59. The number of anilines is 2. The number of nitrogens with one attached hydrogen (secondary N) is 1. The van der Waals surface area contributed by atoms with Crippen molar-refractivity contribution in [1.82, 2.24) is 0 Å². The standard InChI is InChI=1S/C34H47N2O5P/c1-23(2)29-19-14-24(3)20-30(29)41-42(37,28-17-15-27(16-18-28)36(4)5)34(35-26-12-10-9-11-13-26)25-21-31(38-6)33(40-8)32(22-25)39-7/h9-13,15-18,21-24,29-30,34-35H,14,19-20H2,1-8H3/t24-,29+,30+,34-,42-/m0/s1. The predicted molar refractivity (Wildman–Crippen MR) is 173 cm³/mol. The van der Waals surface area contributed by atoms with Crippen molar-refractivity contribution >= 4 is 24.0 Å². The quantitative estimate of drug-likeness (QED) is 0.213. The summed E-state index contributed by atoms with van der Waals surface area (Å²) in [5, 5.41) is 4.27. The van der Waals surface area contributed by atoms with Crippen LogP contribution in [-0.4, -0.2) is 41.5 Å². The average Bonchev–Trinajstić information content (AvgIpc) is 2.99. The Morgan fingerprint density at radius 2 is 1.50 bits per heavy atom. The summed E-state index contributed by atoms with van der Waals surface area (Å²) in [4.78, 5) is 2.03. The van der Waals surface area contributed by atoms with Gasteiger partial charge in [-0.05, 0) is 84.7 Å². The molecule has 7 nitrogen and oxygen atoms in total. The van der Waals surface area contributed by atoms with Crippen LogP contribution in [0.4, 0.5) is 11.4 Å². The molecule has 0 amide bonds. The van der Waals surface area contributed by atoms with Gasteiger partial charge in [-0.3, -0.25) is 4.57 Å².